The molecular weight excluding hydrogens is 294 g/mol. The fraction of sp³-hybridized carbons (Fsp3) is 0.333. The van der Waals surface area contributed by atoms with Gasteiger partial charge < -0.3 is 14.8 Å². The third kappa shape index (κ3) is 4.40. The molecule has 1 aromatic carbocycles. The SMILES string of the molecule is COc1cc(C)ccc1OCCNCc1ccc(Cl)s1. The van der Waals surface area contributed by atoms with Gasteiger partial charge in [-0.05, 0) is 36.8 Å². The van der Waals surface area contributed by atoms with Gasteiger partial charge in [0.1, 0.15) is 6.61 Å². The topological polar surface area (TPSA) is 30.5 Å². The van der Waals surface area contributed by atoms with Crippen LogP contribution in [0.4, 0.5) is 0 Å². The molecule has 3 nitrogen and oxygen atoms in total. The molecule has 0 saturated heterocycles. The van der Waals surface area contributed by atoms with E-state index in [1.807, 2.05) is 37.3 Å². The molecule has 1 heterocycles. The van der Waals surface area contributed by atoms with Gasteiger partial charge in [0.2, 0.25) is 0 Å². The quantitative estimate of drug-likeness (QED) is 0.787. The maximum atomic E-state index is 5.88. The first-order chi connectivity index (χ1) is 9.69. The first-order valence-electron chi connectivity index (χ1n) is 6.41. The molecule has 0 unspecified atom stereocenters. The van der Waals surface area contributed by atoms with Gasteiger partial charge in [0.05, 0.1) is 11.4 Å². The minimum Gasteiger partial charge on any atom is -0.493 e. The summed E-state index contributed by atoms with van der Waals surface area (Å²) in [5.41, 5.74) is 1.15. The molecule has 0 aliphatic carbocycles. The van der Waals surface area contributed by atoms with Crippen molar-refractivity contribution in [3.63, 3.8) is 0 Å². The second-order valence-corrected chi connectivity index (χ2v) is 6.19. The summed E-state index contributed by atoms with van der Waals surface area (Å²) in [5.74, 6) is 1.55. The second kappa shape index (κ2) is 7.53. The number of ether oxygens (including phenoxy) is 2. The summed E-state index contributed by atoms with van der Waals surface area (Å²) >= 11 is 7.47. The summed E-state index contributed by atoms with van der Waals surface area (Å²) < 4.78 is 11.8. The van der Waals surface area contributed by atoms with E-state index < -0.39 is 0 Å². The van der Waals surface area contributed by atoms with Crippen LogP contribution in [0.2, 0.25) is 4.34 Å². The maximum Gasteiger partial charge on any atom is 0.161 e. The summed E-state index contributed by atoms with van der Waals surface area (Å²) in [6.07, 6.45) is 0. The minimum absolute atomic E-state index is 0.596. The van der Waals surface area contributed by atoms with Crippen LogP contribution >= 0.6 is 22.9 Å². The molecule has 5 heteroatoms. The van der Waals surface area contributed by atoms with Crippen molar-refractivity contribution in [1.82, 2.24) is 5.32 Å². The van der Waals surface area contributed by atoms with Gasteiger partial charge in [-0.15, -0.1) is 11.3 Å². The van der Waals surface area contributed by atoms with E-state index in [9.17, 15) is 0 Å². The number of rotatable bonds is 7. The van der Waals surface area contributed by atoms with Crippen molar-refractivity contribution in [1.29, 1.82) is 0 Å². The van der Waals surface area contributed by atoms with E-state index in [2.05, 4.69) is 5.32 Å². The molecule has 0 fully saturated rings. The molecule has 0 amide bonds. The number of hydrogen-bond donors (Lipinski definition) is 1. The number of hydrogen-bond acceptors (Lipinski definition) is 4. The number of thiophene rings is 1. The molecule has 0 saturated carbocycles. The van der Waals surface area contributed by atoms with Crippen LogP contribution in [0.25, 0.3) is 0 Å². The zero-order chi connectivity index (χ0) is 14.4. The molecule has 2 aromatic rings. The third-order valence-corrected chi connectivity index (χ3v) is 4.01. The normalized spacial score (nSPS) is 10.6. The van der Waals surface area contributed by atoms with E-state index in [1.54, 1.807) is 18.4 Å². The molecule has 1 aromatic heterocycles. The Morgan fingerprint density at radius 2 is 2.05 bits per heavy atom. The van der Waals surface area contributed by atoms with Gasteiger partial charge >= 0.3 is 0 Å². The van der Waals surface area contributed by atoms with Crippen LogP contribution in [0.1, 0.15) is 10.4 Å². The fourth-order valence-corrected chi connectivity index (χ4v) is 2.84. The van der Waals surface area contributed by atoms with E-state index in [1.165, 1.54) is 4.88 Å². The molecular formula is C15H18ClNO2S. The minimum atomic E-state index is 0.596. The fourth-order valence-electron chi connectivity index (χ4n) is 1.79. The number of nitrogens with one attached hydrogen (secondary N) is 1. The number of benzene rings is 1. The molecule has 0 spiro atoms. The standard InChI is InChI=1S/C15H18ClNO2S/c1-11-3-5-13(14(9-11)18-2)19-8-7-17-10-12-4-6-15(16)20-12/h3-6,9,17H,7-8,10H2,1-2H3. The van der Waals surface area contributed by atoms with E-state index in [0.717, 1.165) is 34.5 Å². The van der Waals surface area contributed by atoms with Crippen LogP contribution < -0.4 is 14.8 Å². The zero-order valence-corrected chi connectivity index (χ0v) is 13.2. The Kier molecular flexibility index (Phi) is 5.71. The van der Waals surface area contributed by atoms with Crippen LogP contribution in [0.5, 0.6) is 11.5 Å². The summed E-state index contributed by atoms with van der Waals surface area (Å²) in [6, 6.07) is 9.86. The average Bonchev–Trinajstić information content (AvgIpc) is 2.85. The van der Waals surface area contributed by atoms with E-state index in [0.29, 0.717) is 6.61 Å². The van der Waals surface area contributed by atoms with Crippen LogP contribution in [-0.4, -0.2) is 20.3 Å². The smallest absolute Gasteiger partial charge is 0.161 e. The van der Waals surface area contributed by atoms with Crippen LogP contribution in [0.15, 0.2) is 30.3 Å². The van der Waals surface area contributed by atoms with Gasteiger partial charge in [-0.25, -0.2) is 0 Å². The zero-order valence-electron chi connectivity index (χ0n) is 11.6. The lowest BCUT2D eigenvalue weighted by Gasteiger charge is -2.11. The molecule has 2 rings (SSSR count). The average molecular weight is 312 g/mol. The summed E-state index contributed by atoms with van der Waals surface area (Å²) in [6.45, 7) is 4.21. The van der Waals surface area contributed by atoms with Gasteiger partial charge in [-0.3, -0.25) is 0 Å². The largest absolute Gasteiger partial charge is 0.493 e. The second-order valence-electron chi connectivity index (χ2n) is 4.39. The van der Waals surface area contributed by atoms with Crippen molar-refractivity contribution in [2.75, 3.05) is 20.3 Å². The summed E-state index contributed by atoms with van der Waals surface area (Å²) in [5, 5.41) is 3.32. The van der Waals surface area contributed by atoms with Crippen LogP contribution in [0.3, 0.4) is 0 Å². The summed E-state index contributed by atoms with van der Waals surface area (Å²) in [4.78, 5) is 1.22. The van der Waals surface area contributed by atoms with Crippen molar-refractivity contribution in [3.8, 4) is 11.5 Å². The van der Waals surface area contributed by atoms with E-state index >= 15 is 0 Å². The molecule has 0 aliphatic rings. The van der Waals surface area contributed by atoms with Gasteiger partial charge in [-0.1, -0.05) is 17.7 Å². The highest BCUT2D eigenvalue weighted by molar-refractivity contribution is 7.16. The van der Waals surface area contributed by atoms with Gasteiger partial charge in [0.15, 0.2) is 11.5 Å². The van der Waals surface area contributed by atoms with Gasteiger partial charge in [0, 0.05) is 18.0 Å². The first-order valence-corrected chi connectivity index (χ1v) is 7.61. The maximum absolute atomic E-state index is 5.88. The monoisotopic (exact) mass is 311 g/mol. The van der Waals surface area contributed by atoms with E-state index in [-0.39, 0.29) is 0 Å². The lowest BCUT2D eigenvalue weighted by Crippen LogP contribution is -2.20. The number of methoxy groups -OCH3 is 1. The molecule has 0 radical (unpaired) electrons. The predicted octanol–water partition coefficient (Wildman–Crippen LogP) is 3.89. The molecule has 0 atom stereocenters. The van der Waals surface area contributed by atoms with Crippen molar-refractivity contribution < 1.29 is 9.47 Å². The Labute approximate surface area is 128 Å². The summed E-state index contributed by atoms with van der Waals surface area (Å²) in [7, 11) is 1.65. The van der Waals surface area contributed by atoms with Crippen molar-refractivity contribution in [2.24, 2.45) is 0 Å². The van der Waals surface area contributed by atoms with Crippen molar-refractivity contribution in [3.05, 3.63) is 45.1 Å². The predicted molar refractivity (Wildman–Crippen MR) is 84.3 cm³/mol. The Bertz CT molecular complexity index is 557. The Morgan fingerprint density at radius 1 is 1.20 bits per heavy atom. The Balaban J connectivity index is 1.73. The molecule has 0 bridgehead atoms. The number of aryl methyl sites for hydroxylation is 1. The highest BCUT2D eigenvalue weighted by Crippen LogP contribution is 2.27. The highest BCUT2D eigenvalue weighted by Gasteiger charge is 2.04. The molecule has 108 valence electrons. The lowest BCUT2D eigenvalue weighted by molar-refractivity contribution is 0.292. The van der Waals surface area contributed by atoms with Crippen LogP contribution in [-0.2, 0) is 6.54 Å². The molecule has 20 heavy (non-hydrogen) atoms. The molecule has 1 N–H and O–H groups in total. The van der Waals surface area contributed by atoms with Crippen molar-refractivity contribution in [2.45, 2.75) is 13.5 Å². The Morgan fingerprint density at radius 3 is 2.75 bits per heavy atom. The van der Waals surface area contributed by atoms with Gasteiger partial charge in [0.25, 0.3) is 0 Å². The van der Waals surface area contributed by atoms with Crippen molar-refractivity contribution >= 4 is 22.9 Å². The molecule has 0 aliphatic heterocycles. The lowest BCUT2D eigenvalue weighted by atomic mass is 10.2. The first kappa shape index (κ1) is 15.2. The Hall–Kier alpha value is -1.23. The third-order valence-electron chi connectivity index (χ3n) is 2.78. The van der Waals surface area contributed by atoms with E-state index in [4.69, 9.17) is 21.1 Å². The number of halogens is 1. The highest BCUT2D eigenvalue weighted by atomic mass is 35.5. The van der Waals surface area contributed by atoms with Crippen LogP contribution in [0, 0.1) is 6.92 Å². The van der Waals surface area contributed by atoms with Gasteiger partial charge in [-0.2, -0.15) is 0 Å².